The van der Waals surface area contributed by atoms with Gasteiger partial charge in [0.1, 0.15) is 0 Å². The second kappa shape index (κ2) is 8.45. The number of hydrogen-bond acceptors (Lipinski definition) is 4. The SMILES string of the molecule is COC(C)CCC(=O)N1CCCN(CCO)CC1. The Hall–Kier alpha value is -0.650. The van der Waals surface area contributed by atoms with Crippen molar-refractivity contribution in [2.45, 2.75) is 32.3 Å². The highest BCUT2D eigenvalue weighted by atomic mass is 16.5. The molecule has 5 heteroatoms. The summed E-state index contributed by atoms with van der Waals surface area (Å²) < 4.78 is 5.15. The van der Waals surface area contributed by atoms with E-state index < -0.39 is 0 Å². The number of ether oxygens (including phenoxy) is 1. The molecule has 5 nitrogen and oxygen atoms in total. The Morgan fingerprint density at radius 1 is 1.33 bits per heavy atom. The van der Waals surface area contributed by atoms with E-state index in [1.54, 1.807) is 7.11 Å². The molecule has 1 saturated heterocycles. The highest BCUT2D eigenvalue weighted by Crippen LogP contribution is 2.08. The highest BCUT2D eigenvalue weighted by Gasteiger charge is 2.18. The Balaban J connectivity index is 2.31. The molecule has 1 fully saturated rings. The maximum atomic E-state index is 12.0. The number of hydrogen-bond donors (Lipinski definition) is 1. The maximum absolute atomic E-state index is 12.0. The van der Waals surface area contributed by atoms with Crippen LogP contribution in [-0.4, -0.2) is 73.4 Å². The van der Waals surface area contributed by atoms with Gasteiger partial charge in [0.15, 0.2) is 0 Å². The van der Waals surface area contributed by atoms with Gasteiger partial charge in [-0.15, -0.1) is 0 Å². The second-order valence-electron chi connectivity index (χ2n) is 4.88. The van der Waals surface area contributed by atoms with Crippen LogP contribution in [0.5, 0.6) is 0 Å². The van der Waals surface area contributed by atoms with Crippen LogP contribution in [0, 0.1) is 0 Å². The summed E-state index contributed by atoms with van der Waals surface area (Å²) in [6.07, 6.45) is 2.49. The van der Waals surface area contributed by atoms with Gasteiger partial charge in [-0.2, -0.15) is 0 Å². The van der Waals surface area contributed by atoms with Gasteiger partial charge in [-0.05, 0) is 26.3 Å². The van der Waals surface area contributed by atoms with Gasteiger partial charge in [0.2, 0.25) is 5.91 Å². The molecule has 0 saturated carbocycles. The molecule has 0 bridgehead atoms. The Labute approximate surface area is 110 Å². The molecule has 1 amide bonds. The first-order chi connectivity index (χ1) is 8.67. The van der Waals surface area contributed by atoms with E-state index in [4.69, 9.17) is 9.84 Å². The standard InChI is InChI=1S/C13H26N2O3/c1-12(18-2)4-5-13(17)15-7-3-6-14(8-9-15)10-11-16/h12,16H,3-11H2,1-2H3. The largest absolute Gasteiger partial charge is 0.395 e. The van der Waals surface area contributed by atoms with Crippen molar-refractivity contribution in [3.8, 4) is 0 Å². The molecular weight excluding hydrogens is 232 g/mol. The number of rotatable bonds is 6. The summed E-state index contributed by atoms with van der Waals surface area (Å²) in [7, 11) is 1.67. The van der Waals surface area contributed by atoms with Gasteiger partial charge < -0.3 is 14.7 Å². The van der Waals surface area contributed by atoms with E-state index in [1.807, 2.05) is 11.8 Å². The number of aliphatic hydroxyl groups is 1. The molecule has 0 aromatic carbocycles. The quantitative estimate of drug-likeness (QED) is 0.746. The van der Waals surface area contributed by atoms with Crippen LogP contribution in [0.2, 0.25) is 0 Å². The normalized spacial score (nSPS) is 19.6. The summed E-state index contributed by atoms with van der Waals surface area (Å²) >= 11 is 0. The van der Waals surface area contributed by atoms with Crippen molar-refractivity contribution in [1.29, 1.82) is 0 Å². The number of aliphatic hydroxyl groups excluding tert-OH is 1. The fourth-order valence-electron chi connectivity index (χ4n) is 2.19. The first-order valence-electron chi connectivity index (χ1n) is 6.81. The van der Waals surface area contributed by atoms with E-state index in [-0.39, 0.29) is 18.6 Å². The summed E-state index contributed by atoms with van der Waals surface area (Å²) in [5.41, 5.74) is 0. The van der Waals surface area contributed by atoms with E-state index >= 15 is 0 Å². The Bertz CT molecular complexity index is 248. The van der Waals surface area contributed by atoms with Crippen LogP contribution < -0.4 is 0 Å². The molecule has 1 unspecified atom stereocenters. The second-order valence-corrected chi connectivity index (χ2v) is 4.88. The number of methoxy groups -OCH3 is 1. The molecule has 106 valence electrons. The Kier molecular flexibility index (Phi) is 7.23. The van der Waals surface area contributed by atoms with Crippen molar-refractivity contribution < 1.29 is 14.6 Å². The lowest BCUT2D eigenvalue weighted by Gasteiger charge is -2.22. The predicted octanol–water partition coefficient (Wildman–Crippen LogP) is 0.328. The Morgan fingerprint density at radius 3 is 2.78 bits per heavy atom. The number of amides is 1. The van der Waals surface area contributed by atoms with Crippen molar-refractivity contribution in [3.05, 3.63) is 0 Å². The number of carbonyl (C=O) groups is 1. The van der Waals surface area contributed by atoms with Crippen LogP contribution in [-0.2, 0) is 9.53 Å². The van der Waals surface area contributed by atoms with Crippen LogP contribution in [0.3, 0.4) is 0 Å². The molecule has 0 aromatic rings. The minimum Gasteiger partial charge on any atom is -0.395 e. The topological polar surface area (TPSA) is 53.0 Å². The summed E-state index contributed by atoms with van der Waals surface area (Å²) in [5.74, 6) is 0.227. The van der Waals surface area contributed by atoms with E-state index in [2.05, 4.69) is 4.90 Å². The zero-order valence-electron chi connectivity index (χ0n) is 11.6. The maximum Gasteiger partial charge on any atom is 0.222 e. The van der Waals surface area contributed by atoms with E-state index in [1.165, 1.54) is 0 Å². The lowest BCUT2D eigenvalue weighted by molar-refractivity contribution is -0.131. The van der Waals surface area contributed by atoms with Crippen LogP contribution in [0.1, 0.15) is 26.2 Å². The average molecular weight is 258 g/mol. The summed E-state index contributed by atoms with van der Waals surface area (Å²) in [6.45, 7) is 6.34. The van der Waals surface area contributed by atoms with Gasteiger partial charge in [-0.25, -0.2) is 0 Å². The molecule has 1 atom stereocenters. The van der Waals surface area contributed by atoms with Gasteiger partial charge in [0, 0.05) is 39.7 Å². The third-order valence-electron chi connectivity index (χ3n) is 3.52. The van der Waals surface area contributed by atoms with E-state index in [9.17, 15) is 4.79 Å². The smallest absolute Gasteiger partial charge is 0.222 e. The molecule has 1 aliphatic rings. The van der Waals surface area contributed by atoms with E-state index in [0.717, 1.165) is 39.0 Å². The van der Waals surface area contributed by atoms with Crippen molar-refractivity contribution in [2.75, 3.05) is 46.4 Å². The minimum absolute atomic E-state index is 0.145. The van der Waals surface area contributed by atoms with Gasteiger partial charge in [-0.3, -0.25) is 9.69 Å². The van der Waals surface area contributed by atoms with Crippen molar-refractivity contribution in [1.82, 2.24) is 9.80 Å². The van der Waals surface area contributed by atoms with Gasteiger partial charge in [-0.1, -0.05) is 0 Å². The summed E-state index contributed by atoms with van der Waals surface area (Å²) in [6, 6.07) is 0. The van der Waals surface area contributed by atoms with Gasteiger partial charge in [0.05, 0.1) is 12.7 Å². The molecule has 0 aliphatic carbocycles. The van der Waals surface area contributed by atoms with Crippen molar-refractivity contribution in [2.24, 2.45) is 0 Å². The zero-order valence-corrected chi connectivity index (χ0v) is 11.6. The molecule has 0 spiro atoms. The molecule has 0 aromatic heterocycles. The zero-order chi connectivity index (χ0) is 13.4. The van der Waals surface area contributed by atoms with Gasteiger partial charge in [0.25, 0.3) is 0 Å². The fraction of sp³-hybridized carbons (Fsp3) is 0.923. The molecule has 0 radical (unpaired) electrons. The molecule has 18 heavy (non-hydrogen) atoms. The van der Waals surface area contributed by atoms with Crippen LogP contribution in [0.15, 0.2) is 0 Å². The summed E-state index contributed by atoms with van der Waals surface area (Å²) in [4.78, 5) is 16.2. The number of carbonyl (C=O) groups excluding carboxylic acids is 1. The summed E-state index contributed by atoms with van der Waals surface area (Å²) in [5, 5.41) is 8.92. The van der Waals surface area contributed by atoms with Crippen LogP contribution in [0.25, 0.3) is 0 Å². The van der Waals surface area contributed by atoms with Gasteiger partial charge >= 0.3 is 0 Å². The lowest BCUT2D eigenvalue weighted by Crippen LogP contribution is -2.36. The monoisotopic (exact) mass is 258 g/mol. The number of β-amino-alcohol motifs (C(OH)–C–C–N with tert-alkyl or cyclic N) is 1. The minimum atomic E-state index is 0.145. The first-order valence-corrected chi connectivity index (χ1v) is 6.81. The lowest BCUT2D eigenvalue weighted by atomic mass is 10.2. The molecular formula is C13H26N2O3. The average Bonchev–Trinajstić information content (AvgIpc) is 2.61. The molecule has 1 aliphatic heterocycles. The Morgan fingerprint density at radius 2 is 2.11 bits per heavy atom. The number of nitrogens with zero attached hydrogens (tertiary/aromatic N) is 2. The first kappa shape index (κ1) is 15.4. The van der Waals surface area contributed by atoms with Crippen LogP contribution >= 0.6 is 0 Å². The van der Waals surface area contributed by atoms with Crippen LogP contribution in [0.4, 0.5) is 0 Å². The molecule has 1 heterocycles. The fourth-order valence-corrected chi connectivity index (χ4v) is 2.19. The molecule has 1 rings (SSSR count). The molecule has 1 N–H and O–H groups in total. The third kappa shape index (κ3) is 5.33. The van der Waals surface area contributed by atoms with Crippen molar-refractivity contribution in [3.63, 3.8) is 0 Å². The predicted molar refractivity (Wildman–Crippen MR) is 70.4 cm³/mol. The highest BCUT2D eigenvalue weighted by molar-refractivity contribution is 5.76. The van der Waals surface area contributed by atoms with Crippen molar-refractivity contribution >= 4 is 5.91 Å². The third-order valence-corrected chi connectivity index (χ3v) is 3.52. The van der Waals surface area contributed by atoms with E-state index in [0.29, 0.717) is 13.0 Å².